The minimum Gasteiger partial charge on any atom is -0.509 e. The summed E-state index contributed by atoms with van der Waals surface area (Å²) in [5.41, 5.74) is 16.2. The van der Waals surface area contributed by atoms with Crippen LogP contribution in [0.2, 0.25) is 0 Å². The van der Waals surface area contributed by atoms with Gasteiger partial charge in [0, 0.05) is 82.1 Å². The monoisotopic (exact) mass is 1320 g/mol. The molecule has 0 saturated carbocycles. The van der Waals surface area contributed by atoms with Gasteiger partial charge in [-0.2, -0.15) is 12.1 Å². The fourth-order valence-corrected chi connectivity index (χ4v) is 13.1. The van der Waals surface area contributed by atoms with Crippen molar-refractivity contribution in [3.63, 3.8) is 0 Å². The molecule has 0 N–H and O–H groups in total. The number of hydrogen-bond donors (Lipinski definition) is 0. The molecule has 0 spiro atoms. The molecule has 0 saturated heterocycles. The van der Waals surface area contributed by atoms with Gasteiger partial charge in [-0.25, -0.2) is 4.98 Å². The number of benzene rings is 9. The molecule has 13 rings (SSSR count). The van der Waals surface area contributed by atoms with E-state index in [0.29, 0.717) is 34.0 Å². The Balaban J connectivity index is 0.00000832. The molecule has 11 aromatic rings. The Morgan fingerprint density at radius 1 is 0.563 bits per heavy atom. The van der Waals surface area contributed by atoms with Crippen molar-refractivity contribution < 1.29 is 34.0 Å². The molecule has 0 atom stereocenters. The van der Waals surface area contributed by atoms with Crippen LogP contribution in [-0.4, -0.2) is 9.55 Å². The van der Waals surface area contributed by atoms with Gasteiger partial charge in [-0.15, -0.1) is 48.1 Å². The fourth-order valence-electron chi connectivity index (χ4n) is 13.1. The minimum atomic E-state index is -2.67. The molecule has 5 nitrogen and oxygen atoms in total. The number of anilines is 4. The maximum atomic E-state index is 9.48. The topological polar surface area (TPSA) is 33.5 Å². The summed E-state index contributed by atoms with van der Waals surface area (Å²) in [6, 6.07) is 66.0. The standard InChI is InChI=1S/C81H79N4O.Pt/c1-52-44-73(82-50-66(52)62-34-24-36-68-75(62)81(13,14)43-42-80(68,11)12)85-71-39-25-33-60(53-26-16-15-17-27-53)74(71)63-41-40-59(49-72(63)85)86-58-31-23-30-57(48-58)83-51-84(70-38-21-20-37-69(70)83)76-64(54-28-22-29-55(45-54)77(2,3)4)46-56(78(5,6)7)47-65(76)61-32-18-19-35-67(61)79(8,9)10;/h15-41,44-47,50-51H,42-43H2,1-14H3;/q-3;/i1D3,24D,34D,36D;. The van der Waals surface area contributed by atoms with E-state index in [2.05, 4.69) is 228 Å². The normalized spacial score (nSPS) is 15.8. The number of nitrogens with zero attached hydrogens (tertiary/aromatic N) is 4. The van der Waals surface area contributed by atoms with E-state index >= 15 is 0 Å². The molecule has 442 valence electrons. The summed E-state index contributed by atoms with van der Waals surface area (Å²) in [4.78, 5) is 9.70. The van der Waals surface area contributed by atoms with Crippen LogP contribution in [0.25, 0.3) is 72.1 Å². The molecule has 9 aromatic carbocycles. The Morgan fingerprint density at radius 2 is 1.22 bits per heavy atom. The molecule has 0 bridgehead atoms. The predicted octanol–water partition coefficient (Wildman–Crippen LogP) is 22.2. The molecule has 0 unspecified atom stereocenters. The van der Waals surface area contributed by atoms with Crippen LogP contribution in [0.5, 0.6) is 11.5 Å². The molecular weight excluding hydrogens is 1240 g/mol. The number of ether oxygens (including phenoxy) is 1. The number of aryl methyl sites for hydroxylation is 1. The number of aromatic nitrogens is 2. The Hall–Kier alpha value is -7.98. The van der Waals surface area contributed by atoms with E-state index in [0.717, 1.165) is 85.3 Å². The van der Waals surface area contributed by atoms with Crippen LogP contribution in [-0.2, 0) is 48.1 Å². The maximum absolute atomic E-state index is 9.48. The molecule has 2 aliphatic rings. The van der Waals surface area contributed by atoms with E-state index in [4.69, 9.17) is 15.2 Å². The third-order valence-electron chi connectivity index (χ3n) is 17.9. The molecule has 0 amide bonds. The first-order chi connectivity index (χ1) is 43.4. The van der Waals surface area contributed by atoms with Crippen LogP contribution in [0, 0.1) is 25.7 Å². The molecule has 3 heterocycles. The quantitative estimate of drug-likeness (QED) is 0.135. The summed E-state index contributed by atoms with van der Waals surface area (Å²) in [5, 5.41) is 1.79. The summed E-state index contributed by atoms with van der Waals surface area (Å²) in [7, 11) is 0. The molecule has 0 radical (unpaired) electrons. The Labute approximate surface area is 539 Å². The van der Waals surface area contributed by atoms with Gasteiger partial charge in [-0.1, -0.05) is 217 Å². The molecule has 0 fully saturated rings. The van der Waals surface area contributed by atoms with E-state index in [9.17, 15) is 2.74 Å². The van der Waals surface area contributed by atoms with Crippen LogP contribution >= 0.6 is 0 Å². The molecule has 1 aliphatic carbocycles. The van der Waals surface area contributed by atoms with Gasteiger partial charge in [0.2, 0.25) is 0 Å². The van der Waals surface area contributed by atoms with Gasteiger partial charge in [0.1, 0.15) is 5.82 Å². The third-order valence-corrected chi connectivity index (χ3v) is 17.9. The van der Waals surface area contributed by atoms with E-state index in [1.54, 1.807) is 12.3 Å². The molecule has 2 aromatic heterocycles. The Kier molecular flexibility index (Phi) is 13.2. The fraction of sp³-hybridized carbons (Fsp3) is 0.259. The minimum absolute atomic E-state index is 0. The van der Waals surface area contributed by atoms with Crippen LogP contribution in [0.4, 0.5) is 22.7 Å². The maximum Gasteiger partial charge on any atom is 0.135 e. The number of para-hydroxylation sites is 2. The first-order valence-electron chi connectivity index (χ1n) is 33.2. The summed E-state index contributed by atoms with van der Waals surface area (Å²) in [6.45, 7) is 28.4. The average molecular weight is 1330 g/mol. The summed E-state index contributed by atoms with van der Waals surface area (Å²) >= 11 is 0. The predicted molar refractivity (Wildman–Crippen MR) is 362 cm³/mol. The first kappa shape index (κ1) is 52.2. The SMILES string of the molecule is [2H]c1c([2H])c(-c2cnc(-n3c4[c-]c(Oc5[c-]c(N6[CH-]N(c7c(-c8cccc(C(C)(C)C)c8)cc(C(C)(C)C)cc7-c7ccccc7C(C)(C)C)c7ccccc76)ccc5)ccc4c4c(-c5ccccc5)cccc43)cc2C([2H])([2H])[2H])c2c(c1[2H])C(C)(C)CCC2(C)C.[Pt]. The number of pyridine rings is 1. The van der Waals surface area contributed by atoms with E-state index in [1.807, 2.05) is 59.2 Å². The summed E-state index contributed by atoms with van der Waals surface area (Å²) < 4.78 is 64.1. The van der Waals surface area contributed by atoms with Crippen molar-refractivity contribution in [3.05, 3.63) is 246 Å². The van der Waals surface area contributed by atoms with E-state index < -0.39 is 17.7 Å². The molecular formula is C81H79N4OPt-3. The zero-order chi connectivity index (χ0) is 65.4. The van der Waals surface area contributed by atoms with Crippen molar-refractivity contribution in [2.24, 2.45) is 0 Å². The van der Waals surface area contributed by atoms with Crippen LogP contribution < -0.4 is 14.5 Å². The van der Waals surface area contributed by atoms with Crippen molar-refractivity contribution in [1.82, 2.24) is 9.55 Å². The van der Waals surface area contributed by atoms with Gasteiger partial charge in [0.15, 0.2) is 0 Å². The second-order valence-electron chi connectivity index (χ2n) is 28.0. The van der Waals surface area contributed by atoms with Crippen molar-refractivity contribution >= 4 is 44.6 Å². The molecule has 6 heteroatoms. The third kappa shape index (κ3) is 10.7. The Morgan fingerprint density at radius 3 is 1.97 bits per heavy atom. The van der Waals surface area contributed by atoms with Gasteiger partial charge in [0.25, 0.3) is 0 Å². The number of rotatable bonds is 9. The van der Waals surface area contributed by atoms with Gasteiger partial charge >= 0.3 is 0 Å². The zero-order valence-corrected chi connectivity index (χ0v) is 54.5. The van der Waals surface area contributed by atoms with Crippen molar-refractivity contribution in [3.8, 4) is 61.8 Å². The van der Waals surface area contributed by atoms with Crippen LogP contribution in [0.1, 0.15) is 144 Å². The smallest absolute Gasteiger partial charge is 0.135 e. The van der Waals surface area contributed by atoms with E-state index in [-0.39, 0.29) is 66.6 Å². The summed E-state index contributed by atoms with van der Waals surface area (Å²) in [5.74, 6) is 1.21. The molecule has 87 heavy (non-hydrogen) atoms. The van der Waals surface area contributed by atoms with Gasteiger partial charge in [-0.05, 0) is 150 Å². The second-order valence-corrected chi connectivity index (χ2v) is 28.0. The second kappa shape index (κ2) is 22.0. The summed E-state index contributed by atoms with van der Waals surface area (Å²) in [6.07, 6.45) is 3.11. The van der Waals surface area contributed by atoms with Gasteiger partial charge in [-0.3, -0.25) is 0 Å². The number of hydrogen-bond acceptors (Lipinski definition) is 4. The van der Waals surface area contributed by atoms with Crippen LogP contribution in [0.3, 0.4) is 0 Å². The van der Waals surface area contributed by atoms with Crippen molar-refractivity contribution in [2.45, 2.75) is 137 Å². The zero-order valence-electron chi connectivity index (χ0n) is 58.2. The van der Waals surface area contributed by atoms with Crippen molar-refractivity contribution in [2.75, 3.05) is 9.80 Å². The average Bonchev–Trinajstić information content (AvgIpc) is 1.42. The first-order valence-corrected chi connectivity index (χ1v) is 30.2. The molecule has 1 aliphatic heterocycles. The van der Waals surface area contributed by atoms with Gasteiger partial charge in [0.05, 0.1) is 4.11 Å². The van der Waals surface area contributed by atoms with Crippen LogP contribution in [0.15, 0.2) is 194 Å². The Bertz CT molecular complexity index is 4750. The van der Waals surface area contributed by atoms with Crippen molar-refractivity contribution in [1.29, 1.82) is 0 Å². The van der Waals surface area contributed by atoms with E-state index in [1.165, 1.54) is 22.3 Å². The largest absolute Gasteiger partial charge is 0.509 e. The number of fused-ring (bicyclic) bond motifs is 5. The van der Waals surface area contributed by atoms with Gasteiger partial charge < -0.3 is 19.1 Å².